The van der Waals surface area contributed by atoms with Crippen molar-refractivity contribution < 1.29 is 9.53 Å². The van der Waals surface area contributed by atoms with Crippen LogP contribution in [0.4, 0.5) is 0 Å². The summed E-state index contributed by atoms with van der Waals surface area (Å²) in [6.45, 7) is 1.60. The number of carbonyl (C=O) groups excluding carboxylic acids is 1. The van der Waals surface area contributed by atoms with Gasteiger partial charge < -0.3 is 4.74 Å². The Morgan fingerprint density at radius 1 is 1.33 bits per heavy atom. The Morgan fingerprint density at radius 3 is 2.72 bits per heavy atom. The highest BCUT2D eigenvalue weighted by atomic mass is 35.5. The van der Waals surface area contributed by atoms with E-state index in [0.29, 0.717) is 17.2 Å². The predicted octanol–water partition coefficient (Wildman–Crippen LogP) is 3.75. The third-order valence-corrected chi connectivity index (χ3v) is 3.91. The molecule has 0 saturated heterocycles. The molecule has 0 heterocycles. The molecule has 0 amide bonds. The van der Waals surface area contributed by atoms with Gasteiger partial charge in [-0.15, -0.1) is 0 Å². The number of rotatable bonds is 3. The van der Waals surface area contributed by atoms with Crippen LogP contribution in [-0.2, 0) is 24.1 Å². The molecule has 0 aliphatic heterocycles. The van der Waals surface area contributed by atoms with E-state index in [2.05, 4.69) is 6.07 Å². The molecule has 0 radical (unpaired) electrons. The summed E-state index contributed by atoms with van der Waals surface area (Å²) < 4.78 is 5.40. The number of Topliss-reactive ketones (excluding diaryl/α,β-unsaturated/α-hetero) is 1. The maximum Gasteiger partial charge on any atom is 0.141 e. The van der Waals surface area contributed by atoms with E-state index in [1.807, 2.05) is 0 Å². The van der Waals surface area contributed by atoms with Gasteiger partial charge in [0, 0.05) is 12.0 Å². The number of ketones is 1. The molecule has 2 nitrogen and oxygen atoms in total. The van der Waals surface area contributed by atoms with Gasteiger partial charge in [-0.1, -0.05) is 24.1 Å². The summed E-state index contributed by atoms with van der Waals surface area (Å²) in [5.41, 5.74) is 3.45. The van der Waals surface area contributed by atoms with Crippen molar-refractivity contribution >= 4 is 17.4 Å². The van der Waals surface area contributed by atoms with Gasteiger partial charge in [0.05, 0.1) is 12.1 Å². The summed E-state index contributed by atoms with van der Waals surface area (Å²) in [7, 11) is 1.62. The first-order valence-corrected chi connectivity index (χ1v) is 6.88. The first kappa shape index (κ1) is 13.4. The van der Waals surface area contributed by atoms with Crippen LogP contribution in [-0.4, -0.2) is 12.9 Å². The molecule has 1 aromatic rings. The van der Waals surface area contributed by atoms with Crippen LogP contribution in [0.1, 0.15) is 42.9 Å². The van der Waals surface area contributed by atoms with E-state index in [-0.39, 0.29) is 5.78 Å². The second kappa shape index (κ2) is 5.75. The van der Waals surface area contributed by atoms with E-state index in [1.165, 1.54) is 30.4 Å². The predicted molar refractivity (Wildman–Crippen MR) is 73.6 cm³/mol. The number of ether oxygens (including phenoxy) is 1. The molecule has 2 rings (SSSR count). The van der Waals surface area contributed by atoms with Crippen molar-refractivity contribution in [2.24, 2.45) is 0 Å². The third-order valence-electron chi connectivity index (χ3n) is 3.51. The summed E-state index contributed by atoms with van der Waals surface area (Å²) in [6, 6.07) is 2.12. The molecule has 98 valence electrons. The molecule has 1 aliphatic rings. The fourth-order valence-corrected chi connectivity index (χ4v) is 3.10. The Hall–Kier alpha value is -1.02. The summed E-state index contributed by atoms with van der Waals surface area (Å²) in [6.07, 6.45) is 6.11. The summed E-state index contributed by atoms with van der Waals surface area (Å²) in [5.74, 6) is 0.824. The fourth-order valence-electron chi connectivity index (χ4n) is 2.69. The summed E-state index contributed by atoms with van der Waals surface area (Å²) >= 11 is 6.45. The Balaban J connectivity index is 2.51. The zero-order valence-corrected chi connectivity index (χ0v) is 11.8. The van der Waals surface area contributed by atoms with E-state index in [0.717, 1.165) is 18.4 Å². The van der Waals surface area contributed by atoms with Gasteiger partial charge in [0.2, 0.25) is 0 Å². The second-order valence-corrected chi connectivity index (χ2v) is 5.34. The van der Waals surface area contributed by atoms with Crippen molar-refractivity contribution in [2.75, 3.05) is 7.11 Å². The number of methoxy groups -OCH3 is 1. The minimum absolute atomic E-state index is 0.137. The van der Waals surface area contributed by atoms with Crippen LogP contribution >= 0.6 is 11.6 Å². The number of carbonyl (C=O) groups is 1. The Morgan fingerprint density at radius 2 is 2.06 bits per heavy atom. The third kappa shape index (κ3) is 2.69. The van der Waals surface area contributed by atoms with Crippen LogP contribution < -0.4 is 4.74 Å². The lowest BCUT2D eigenvalue weighted by atomic mass is 9.96. The maximum absolute atomic E-state index is 11.3. The molecule has 3 heteroatoms. The van der Waals surface area contributed by atoms with Gasteiger partial charge in [0.1, 0.15) is 11.5 Å². The van der Waals surface area contributed by atoms with Gasteiger partial charge in [-0.25, -0.2) is 0 Å². The molecule has 0 N–H and O–H groups in total. The normalized spacial score (nSPS) is 14.8. The van der Waals surface area contributed by atoms with Crippen molar-refractivity contribution in [3.8, 4) is 5.75 Å². The highest BCUT2D eigenvalue weighted by Gasteiger charge is 2.19. The Kier molecular flexibility index (Phi) is 4.28. The first-order valence-electron chi connectivity index (χ1n) is 6.50. The number of halogens is 1. The quantitative estimate of drug-likeness (QED) is 0.779. The molecule has 1 aromatic carbocycles. The number of hydrogen-bond acceptors (Lipinski definition) is 2. The minimum atomic E-state index is 0.137. The van der Waals surface area contributed by atoms with Crippen molar-refractivity contribution in [1.29, 1.82) is 0 Å². The highest BCUT2D eigenvalue weighted by molar-refractivity contribution is 6.33. The Bertz CT molecular complexity index is 466. The molecular weight excluding hydrogens is 248 g/mol. The van der Waals surface area contributed by atoms with Crippen molar-refractivity contribution in [3.05, 3.63) is 27.8 Å². The largest absolute Gasteiger partial charge is 0.495 e. The molecule has 0 unspecified atom stereocenters. The second-order valence-electron chi connectivity index (χ2n) is 4.96. The molecule has 0 spiro atoms. The zero-order chi connectivity index (χ0) is 13.1. The van der Waals surface area contributed by atoms with Crippen LogP contribution in [0.2, 0.25) is 5.02 Å². The SMILES string of the molecule is COc1c(CC(C)=O)cc2c(c1Cl)CCCCC2. The summed E-state index contributed by atoms with van der Waals surface area (Å²) in [5, 5.41) is 0.716. The molecule has 0 fully saturated rings. The van der Waals surface area contributed by atoms with E-state index in [9.17, 15) is 4.79 Å². The van der Waals surface area contributed by atoms with Crippen molar-refractivity contribution in [2.45, 2.75) is 45.4 Å². The van der Waals surface area contributed by atoms with E-state index in [4.69, 9.17) is 16.3 Å². The average molecular weight is 267 g/mol. The molecule has 0 aromatic heterocycles. The van der Waals surface area contributed by atoms with Gasteiger partial charge in [0.25, 0.3) is 0 Å². The maximum atomic E-state index is 11.3. The standard InChI is InChI=1S/C15H19ClO2/c1-10(17)8-12-9-11-6-4-3-5-7-13(11)14(16)15(12)18-2/h9H,3-8H2,1-2H3. The zero-order valence-electron chi connectivity index (χ0n) is 11.0. The smallest absolute Gasteiger partial charge is 0.141 e. The van der Waals surface area contributed by atoms with Crippen molar-refractivity contribution in [3.63, 3.8) is 0 Å². The average Bonchev–Trinajstić information content (AvgIpc) is 2.54. The van der Waals surface area contributed by atoms with E-state index in [1.54, 1.807) is 14.0 Å². The van der Waals surface area contributed by atoms with Crippen LogP contribution in [0.3, 0.4) is 0 Å². The fraction of sp³-hybridized carbons (Fsp3) is 0.533. The molecule has 0 bridgehead atoms. The van der Waals surface area contributed by atoms with Gasteiger partial charge in [0.15, 0.2) is 0 Å². The van der Waals surface area contributed by atoms with Crippen LogP contribution in [0, 0.1) is 0 Å². The first-order chi connectivity index (χ1) is 8.63. The van der Waals surface area contributed by atoms with Crippen LogP contribution in [0.25, 0.3) is 0 Å². The summed E-state index contributed by atoms with van der Waals surface area (Å²) in [4.78, 5) is 11.3. The lowest BCUT2D eigenvalue weighted by molar-refractivity contribution is -0.116. The lowest BCUT2D eigenvalue weighted by Gasteiger charge is -2.16. The lowest BCUT2D eigenvalue weighted by Crippen LogP contribution is -2.04. The van der Waals surface area contributed by atoms with Gasteiger partial charge in [-0.05, 0) is 43.7 Å². The Labute approximate surface area is 113 Å². The van der Waals surface area contributed by atoms with Gasteiger partial charge in [-0.3, -0.25) is 4.79 Å². The van der Waals surface area contributed by atoms with E-state index < -0.39 is 0 Å². The van der Waals surface area contributed by atoms with Gasteiger partial charge in [-0.2, -0.15) is 0 Å². The molecule has 0 atom stereocenters. The molecular formula is C15H19ClO2. The number of aryl methyl sites for hydroxylation is 1. The molecule has 0 saturated carbocycles. The van der Waals surface area contributed by atoms with E-state index >= 15 is 0 Å². The number of benzene rings is 1. The molecule has 1 aliphatic carbocycles. The molecule has 18 heavy (non-hydrogen) atoms. The van der Waals surface area contributed by atoms with Gasteiger partial charge >= 0.3 is 0 Å². The number of hydrogen-bond donors (Lipinski definition) is 0. The number of fused-ring (bicyclic) bond motifs is 1. The minimum Gasteiger partial charge on any atom is -0.495 e. The van der Waals surface area contributed by atoms with Crippen LogP contribution in [0.15, 0.2) is 6.07 Å². The van der Waals surface area contributed by atoms with Crippen LogP contribution in [0.5, 0.6) is 5.75 Å². The topological polar surface area (TPSA) is 26.3 Å². The highest BCUT2D eigenvalue weighted by Crippen LogP contribution is 2.37. The monoisotopic (exact) mass is 266 g/mol. The van der Waals surface area contributed by atoms with Crippen molar-refractivity contribution in [1.82, 2.24) is 0 Å².